The Morgan fingerprint density at radius 2 is 1.73 bits per heavy atom. The van der Waals surface area contributed by atoms with Crippen LogP contribution in [0.5, 0.6) is 0 Å². The number of piperidine rings is 1. The molecule has 0 aliphatic carbocycles. The summed E-state index contributed by atoms with van der Waals surface area (Å²) in [6, 6.07) is 15.7. The average Bonchev–Trinajstić information content (AvgIpc) is 3.23. The van der Waals surface area contributed by atoms with E-state index >= 15 is 0 Å². The van der Waals surface area contributed by atoms with Crippen molar-refractivity contribution in [2.75, 3.05) is 18.4 Å². The van der Waals surface area contributed by atoms with Crippen LogP contribution in [0.25, 0.3) is 11.3 Å². The number of benzene rings is 2. The molecule has 1 N–H and O–H groups in total. The van der Waals surface area contributed by atoms with Gasteiger partial charge in [0.25, 0.3) is 0 Å². The minimum atomic E-state index is -3.52. The third kappa shape index (κ3) is 4.57. The molecule has 6 nitrogen and oxygen atoms in total. The molecule has 4 rings (SSSR count). The first-order valence-corrected chi connectivity index (χ1v) is 12.2. The van der Waals surface area contributed by atoms with Crippen molar-refractivity contribution >= 4 is 44.0 Å². The minimum Gasteiger partial charge on any atom is -0.302 e. The predicted molar refractivity (Wildman–Crippen MR) is 119 cm³/mol. The number of sulfonamides is 1. The fourth-order valence-electron chi connectivity index (χ4n) is 3.39. The number of carbonyl (C=O) groups excluding carboxylic acids is 1. The molecule has 1 aromatic heterocycles. The molecule has 2 heterocycles. The van der Waals surface area contributed by atoms with E-state index in [1.165, 1.54) is 15.6 Å². The molecule has 0 atom stereocenters. The second-order valence-corrected chi connectivity index (χ2v) is 10.3. The quantitative estimate of drug-likeness (QED) is 0.606. The molecule has 0 unspecified atom stereocenters. The van der Waals surface area contributed by atoms with Gasteiger partial charge in [-0.3, -0.25) is 4.79 Å². The maximum absolute atomic E-state index is 12.7. The Hall–Kier alpha value is -2.26. The fourth-order valence-corrected chi connectivity index (χ4v) is 5.73. The fraction of sp³-hybridized carbons (Fsp3) is 0.238. The number of aromatic nitrogens is 1. The van der Waals surface area contributed by atoms with E-state index in [1.807, 2.05) is 17.5 Å². The summed E-state index contributed by atoms with van der Waals surface area (Å²) >= 11 is 7.28. The van der Waals surface area contributed by atoms with Crippen molar-refractivity contribution < 1.29 is 13.2 Å². The number of anilines is 1. The molecular weight excluding hydrogens is 442 g/mol. The first-order chi connectivity index (χ1) is 14.4. The molecule has 0 bridgehead atoms. The van der Waals surface area contributed by atoms with Crippen LogP contribution in [0.2, 0.25) is 5.02 Å². The molecule has 156 valence electrons. The lowest BCUT2D eigenvalue weighted by Gasteiger charge is -2.30. The lowest BCUT2D eigenvalue weighted by Crippen LogP contribution is -2.41. The number of hydrogen-bond donors (Lipinski definition) is 1. The maximum Gasteiger partial charge on any atom is 0.243 e. The highest BCUT2D eigenvalue weighted by Crippen LogP contribution is 2.28. The Morgan fingerprint density at radius 1 is 1.07 bits per heavy atom. The Labute approximate surface area is 184 Å². The van der Waals surface area contributed by atoms with Gasteiger partial charge >= 0.3 is 0 Å². The summed E-state index contributed by atoms with van der Waals surface area (Å²) in [4.78, 5) is 17.4. The van der Waals surface area contributed by atoms with Gasteiger partial charge in [-0.25, -0.2) is 13.4 Å². The third-order valence-corrected chi connectivity index (χ3v) is 8.00. The van der Waals surface area contributed by atoms with Gasteiger partial charge in [-0.2, -0.15) is 4.31 Å². The van der Waals surface area contributed by atoms with Crippen molar-refractivity contribution in [2.24, 2.45) is 5.92 Å². The summed E-state index contributed by atoms with van der Waals surface area (Å²) in [5.74, 6) is -0.362. The van der Waals surface area contributed by atoms with E-state index in [1.54, 1.807) is 42.5 Å². The van der Waals surface area contributed by atoms with Gasteiger partial charge in [0, 0.05) is 35.0 Å². The summed E-state index contributed by atoms with van der Waals surface area (Å²) in [7, 11) is -3.52. The second kappa shape index (κ2) is 8.85. The number of thiazole rings is 1. The zero-order valence-electron chi connectivity index (χ0n) is 16.0. The second-order valence-electron chi connectivity index (χ2n) is 7.03. The van der Waals surface area contributed by atoms with E-state index in [0.717, 1.165) is 11.3 Å². The van der Waals surface area contributed by atoms with Crippen LogP contribution in [0.1, 0.15) is 12.8 Å². The summed E-state index contributed by atoms with van der Waals surface area (Å²) in [5, 5.41) is 5.94. The molecule has 1 aliphatic rings. The van der Waals surface area contributed by atoms with Crippen LogP contribution in [-0.4, -0.2) is 36.7 Å². The first-order valence-electron chi connectivity index (χ1n) is 9.51. The summed E-state index contributed by atoms with van der Waals surface area (Å²) in [6.45, 7) is 0.645. The van der Waals surface area contributed by atoms with Gasteiger partial charge in [0.1, 0.15) is 0 Å². The van der Waals surface area contributed by atoms with Crippen molar-refractivity contribution in [3.8, 4) is 11.3 Å². The standard InChI is InChI=1S/C21H20ClN3O3S2/c22-17-8-6-15(7-9-17)19-14-29-21(23-19)24-20(26)16-10-12-25(13-11-16)30(27,28)18-4-2-1-3-5-18/h1-9,14,16H,10-13H2,(H,23,24,26). The van der Waals surface area contributed by atoms with Gasteiger partial charge in [0.05, 0.1) is 10.6 Å². The number of nitrogens with zero attached hydrogens (tertiary/aromatic N) is 2. The topological polar surface area (TPSA) is 79.4 Å². The smallest absolute Gasteiger partial charge is 0.243 e. The number of carbonyl (C=O) groups is 1. The number of amides is 1. The largest absolute Gasteiger partial charge is 0.302 e. The summed E-state index contributed by atoms with van der Waals surface area (Å²) in [5.41, 5.74) is 1.70. The number of nitrogens with one attached hydrogen (secondary N) is 1. The van der Waals surface area contributed by atoms with Crippen LogP contribution < -0.4 is 5.32 Å². The zero-order valence-corrected chi connectivity index (χ0v) is 18.4. The average molecular weight is 462 g/mol. The lowest BCUT2D eigenvalue weighted by atomic mass is 9.97. The zero-order chi connectivity index (χ0) is 21.1. The van der Waals surface area contributed by atoms with Crippen LogP contribution in [0.4, 0.5) is 5.13 Å². The highest BCUT2D eigenvalue weighted by Gasteiger charge is 2.32. The normalized spacial score (nSPS) is 15.8. The highest BCUT2D eigenvalue weighted by atomic mass is 35.5. The molecule has 30 heavy (non-hydrogen) atoms. The predicted octanol–water partition coefficient (Wildman–Crippen LogP) is 4.50. The SMILES string of the molecule is O=C(Nc1nc(-c2ccc(Cl)cc2)cs1)C1CCN(S(=O)(=O)c2ccccc2)CC1. The molecule has 1 amide bonds. The molecule has 3 aromatic rings. The summed E-state index contributed by atoms with van der Waals surface area (Å²) < 4.78 is 26.9. The molecular formula is C21H20ClN3O3S2. The van der Waals surface area contributed by atoms with E-state index in [4.69, 9.17) is 11.6 Å². The molecule has 2 aromatic carbocycles. The van der Waals surface area contributed by atoms with Crippen molar-refractivity contribution in [1.82, 2.24) is 9.29 Å². The van der Waals surface area contributed by atoms with Crippen molar-refractivity contribution in [3.63, 3.8) is 0 Å². The lowest BCUT2D eigenvalue weighted by molar-refractivity contribution is -0.120. The van der Waals surface area contributed by atoms with Crippen LogP contribution in [-0.2, 0) is 14.8 Å². The highest BCUT2D eigenvalue weighted by molar-refractivity contribution is 7.89. The van der Waals surface area contributed by atoms with Gasteiger partial charge in [-0.05, 0) is 37.1 Å². The van der Waals surface area contributed by atoms with E-state index < -0.39 is 10.0 Å². The van der Waals surface area contributed by atoms with Crippen molar-refractivity contribution in [2.45, 2.75) is 17.7 Å². The van der Waals surface area contributed by atoms with E-state index in [2.05, 4.69) is 10.3 Å². The molecule has 1 aliphatic heterocycles. The van der Waals surface area contributed by atoms with Gasteiger partial charge in [0.2, 0.25) is 15.9 Å². The van der Waals surface area contributed by atoms with Crippen LogP contribution in [0.15, 0.2) is 64.9 Å². The van der Waals surface area contributed by atoms with E-state index in [-0.39, 0.29) is 16.7 Å². The number of hydrogen-bond acceptors (Lipinski definition) is 5. The third-order valence-electron chi connectivity index (χ3n) is 5.08. The van der Waals surface area contributed by atoms with Gasteiger partial charge in [-0.1, -0.05) is 41.9 Å². The molecule has 0 radical (unpaired) electrons. The first kappa shape index (κ1) is 21.0. The minimum absolute atomic E-state index is 0.122. The van der Waals surface area contributed by atoms with Gasteiger partial charge in [-0.15, -0.1) is 11.3 Å². The van der Waals surface area contributed by atoms with Crippen LogP contribution >= 0.6 is 22.9 Å². The Balaban J connectivity index is 1.35. The number of halogens is 1. The van der Waals surface area contributed by atoms with Crippen molar-refractivity contribution in [3.05, 3.63) is 65.0 Å². The Bertz CT molecular complexity index is 1120. The molecule has 9 heteroatoms. The molecule has 0 saturated carbocycles. The molecule has 1 fully saturated rings. The summed E-state index contributed by atoms with van der Waals surface area (Å²) in [6.07, 6.45) is 0.959. The monoisotopic (exact) mass is 461 g/mol. The Kier molecular flexibility index (Phi) is 6.19. The van der Waals surface area contributed by atoms with Gasteiger partial charge in [0.15, 0.2) is 5.13 Å². The van der Waals surface area contributed by atoms with Crippen molar-refractivity contribution in [1.29, 1.82) is 0 Å². The molecule has 1 saturated heterocycles. The molecule has 0 spiro atoms. The number of rotatable bonds is 5. The van der Waals surface area contributed by atoms with Crippen LogP contribution in [0, 0.1) is 5.92 Å². The maximum atomic E-state index is 12.7. The Morgan fingerprint density at radius 3 is 2.40 bits per heavy atom. The van der Waals surface area contributed by atoms with E-state index in [0.29, 0.717) is 36.1 Å². The van der Waals surface area contributed by atoms with Crippen LogP contribution in [0.3, 0.4) is 0 Å². The van der Waals surface area contributed by atoms with Gasteiger partial charge < -0.3 is 5.32 Å². The van der Waals surface area contributed by atoms with E-state index in [9.17, 15) is 13.2 Å².